The Morgan fingerprint density at radius 3 is 2.39 bits per heavy atom. The van der Waals surface area contributed by atoms with Crippen LogP contribution >= 0.6 is 39.1 Å². The lowest BCUT2D eigenvalue weighted by atomic mass is 10.1. The number of pyridine rings is 1. The van der Waals surface area contributed by atoms with Gasteiger partial charge in [0, 0.05) is 9.86 Å². The lowest BCUT2D eigenvalue weighted by Gasteiger charge is -2.13. The van der Waals surface area contributed by atoms with Crippen molar-refractivity contribution in [2.24, 2.45) is 0 Å². The first-order chi connectivity index (χ1) is 8.21. The van der Waals surface area contributed by atoms with Gasteiger partial charge in [0.1, 0.15) is 5.69 Å². The molecule has 0 amide bonds. The van der Waals surface area contributed by atoms with Crippen molar-refractivity contribution < 1.29 is 13.2 Å². The van der Waals surface area contributed by atoms with Crippen molar-refractivity contribution in [3.8, 4) is 0 Å². The summed E-state index contributed by atoms with van der Waals surface area (Å²) >= 11 is 15.1. The van der Waals surface area contributed by atoms with Crippen LogP contribution in [0.25, 0.3) is 10.9 Å². The van der Waals surface area contributed by atoms with E-state index in [0.717, 1.165) is 0 Å². The predicted molar refractivity (Wildman–Crippen MR) is 69.2 cm³/mol. The lowest BCUT2D eigenvalue weighted by molar-refractivity contribution is -0.141. The highest BCUT2D eigenvalue weighted by Crippen LogP contribution is 2.39. The van der Waals surface area contributed by atoms with Crippen LogP contribution < -0.4 is 0 Å². The third-order valence-corrected chi connectivity index (χ3v) is 3.67. The quantitative estimate of drug-likeness (QED) is 0.594. The molecular formula is C11H5BrCl2F3N. The maximum atomic E-state index is 12.8. The van der Waals surface area contributed by atoms with Gasteiger partial charge in [-0.05, 0) is 24.6 Å². The zero-order chi connectivity index (χ0) is 13.7. The number of fused-ring (bicyclic) bond motifs is 1. The molecule has 1 nitrogen and oxygen atoms in total. The minimum absolute atomic E-state index is 0.00975. The summed E-state index contributed by atoms with van der Waals surface area (Å²) in [6, 6.07) is 3.06. The molecule has 96 valence electrons. The van der Waals surface area contributed by atoms with E-state index < -0.39 is 11.9 Å². The first-order valence-electron chi connectivity index (χ1n) is 4.74. The molecular weight excluding hydrogens is 354 g/mol. The number of benzene rings is 1. The predicted octanol–water partition coefficient (Wildman–Crippen LogP) is 5.63. The van der Waals surface area contributed by atoms with Crippen LogP contribution in [0, 0.1) is 6.92 Å². The van der Waals surface area contributed by atoms with E-state index in [2.05, 4.69) is 20.9 Å². The van der Waals surface area contributed by atoms with Gasteiger partial charge < -0.3 is 0 Å². The first kappa shape index (κ1) is 13.9. The number of halogens is 6. The highest BCUT2D eigenvalue weighted by atomic mass is 79.9. The van der Waals surface area contributed by atoms with Crippen LogP contribution in [-0.2, 0) is 6.18 Å². The smallest absolute Gasteiger partial charge is 0.241 e. The zero-order valence-electron chi connectivity index (χ0n) is 8.87. The third kappa shape index (κ3) is 2.31. The number of rotatable bonds is 0. The fraction of sp³-hybridized carbons (Fsp3) is 0.182. The number of nitrogens with zero attached hydrogens (tertiary/aromatic N) is 1. The van der Waals surface area contributed by atoms with Crippen molar-refractivity contribution in [2.45, 2.75) is 13.1 Å². The third-order valence-electron chi connectivity index (χ3n) is 2.44. The summed E-state index contributed by atoms with van der Waals surface area (Å²) in [6.07, 6.45) is -4.56. The zero-order valence-corrected chi connectivity index (χ0v) is 12.0. The van der Waals surface area contributed by atoms with E-state index in [9.17, 15) is 13.2 Å². The van der Waals surface area contributed by atoms with Gasteiger partial charge in [0.2, 0.25) is 0 Å². The molecule has 18 heavy (non-hydrogen) atoms. The Bertz CT molecular complexity index is 640. The molecule has 0 saturated carbocycles. The molecule has 0 bridgehead atoms. The average Bonchev–Trinajstić information content (AvgIpc) is 2.22. The molecule has 1 aromatic heterocycles. The highest BCUT2D eigenvalue weighted by Gasteiger charge is 2.36. The Balaban J connectivity index is 2.93. The minimum Gasteiger partial charge on any atom is -0.241 e. The summed E-state index contributed by atoms with van der Waals surface area (Å²) in [5.74, 6) is 0. The maximum absolute atomic E-state index is 12.8. The molecule has 0 atom stereocenters. The second-order valence-electron chi connectivity index (χ2n) is 3.68. The second-order valence-corrected chi connectivity index (χ2v) is 5.38. The van der Waals surface area contributed by atoms with Crippen LogP contribution in [0.4, 0.5) is 13.2 Å². The van der Waals surface area contributed by atoms with Crippen LogP contribution in [0.3, 0.4) is 0 Å². The van der Waals surface area contributed by atoms with E-state index in [4.69, 9.17) is 23.2 Å². The van der Waals surface area contributed by atoms with Crippen LogP contribution in [0.2, 0.25) is 10.0 Å². The van der Waals surface area contributed by atoms with Crippen LogP contribution in [0.15, 0.2) is 16.6 Å². The van der Waals surface area contributed by atoms with Gasteiger partial charge >= 0.3 is 6.18 Å². The molecule has 0 aliphatic carbocycles. The van der Waals surface area contributed by atoms with E-state index in [1.807, 2.05) is 0 Å². The Kier molecular flexibility index (Phi) is 3.51. The Labute approximate surface area is 119 Å². The lowest BCUT2D eigenvalue weighted by Crippen LogP contribution is -2.11. The summed E-state index contributed by atoms with van der Waals surface area (Å²) in [5, 5.41) is 0.517. The largest absolute Gasteiger partial charge is 0.433 e. The molecule has 0 aliphatic heterocycles. The van der Waals surface area contributed by atoms with E-state index in [-0.39, 0.29) is 21.1 Å². The molecule has 0 fully saturated rings. The van der Waals surface area contributed by atoms with Crippen molar-refractivity contribution >= 4 is 50.0 Å². The number of aromatic nitrogens is 1. The molecule has 1 heterocycles. The van der Waals surface area contributed by atoms with Gasteiger partial charge in [0.15, 0.2) is 0 Å². The van der Waals surface area contributed by atoms with Gasteiger partial charge in [-0.1, -0.05) is 39.1 Å². The summed E-state index contributed by atoms with van der Waals surface area (Å²) in [6.45, 7) is 1.28. The van der Waals surface area contributed by atoms with Crippen molar-refractivity contribution in [2.75, 3.05) is 0 Å². The van der Waals surface area contributed by atoms with E-state index in [0.29, 0.717) is 9.86 Å². The van der Waals surface area contributed by atoms with E-state index >= 15 is 0 Å². The van der Waals surface area contributed by atoms with Gasteiger partial charge in [-0.3, -0.25) is 0 Å². The SMILES string of the molecule is Cc1c(C(F)(F)F)nc2c(Cl)cc(Br)cc2c1Cl. The monoisotopic (exact) mass is 357 g/mol. The van der Waals surface area contributed by atoms with Gasteiger partial charge in [-0.2, -0.15) is 13.2 Å². The van der Waals surface area contributed by atoms with Crippen molar-refractivity contribution in [3.05, 3.63) is 37.9 Å². The fourth-order valence-electron chi connectivity index (χ4n) is 1.62. The van der Waals surface area contributed by atoms with Crippen molar-refractivity contribution in [1.82, 2.24) is 4.98 Å². The molecule has 0 saturated heterocycles. The number of hydrogen-bond acceptors (Lipinski definition) is 1. The molecule has 0 aliphatic rings. The molecule has 0 spiro atoms. The highest BCUT2D eigenvalue weighted by molar-refractivity contribution is 9.10. The van der Waals surface area contributed by atoms with Gasteiger partial charge in [-0.15, -0.1) is 0 Å². The second kappa shape index (κ2) is 4.54. The molecule has 2 aromatic rings. The fourth-order valence-corrected chi connectivity index (χ4v) is 2.71. The Hall–Kier alpha value is -0.520. The van der Waals surface area contributed by atoms with E-state index in [1.54, 1.807) is 6.07 Å². The van der Waals surface area contributed by atoms with Crippen molar-refractivity contribution in [3.63, 3.8) is 0 Å². The molecule has 0 radical (unpaired) electrons. The summed E-state index contributed by atoms with van der Waals surface area (Å²) in [5.41, 5.74) is -1.07. The molecule has 7 heteroatoms. The van der Waals surface area contributed by atoms with Gasteiger partial charge in [0.25, 0.3) is 0 Å². The van der Waals surface area contributed by atoms with Crippen LogP contribution in [0.5, 0.6) is 0 Å². The Morgan fingerprint density at radius 1 is 1.22 bits per heavy atom. The first-order valence-corrected chi connectivity index (χ1v) is 6.28. The topological polar surface area (TPSA) is 12.9 Å². The summed E-state index contributed by atoms with van der Waals surface area (Å²) in [4.78, 5) is 3.59. The average molecular weight is 359 g/mol. The molecule has 2 rings (SSSR count). The van der Waals surface area contributed by atoms with E-state index in [1.165, 1.54) is 13.0 Å². The summed E-state index contributed by atoms with van der Waals surface area (Å²) in [7, 11) is 0. The molecule has 0 unspecified atom stereocenters. The molecule has 0 N–H and O–H groups in total. The maximum Gasteiger partial charge on any atom is 0.433 e. The van der Waals surface area contributed by atoms with Gasteiger partial charge in [-0.25, -0.2) is 4.98 Å². The number of alkyl halides is 3. The Morgan fingerprint density at radius 2 is 1.83 bits per heavy atom. The summed E-state index contributed by atoms with van der Waals surface area (Å²) < 4.78 is 39.0. The normalized spacial score (nSPS) is 12.2. The van der Waals surface area contributed by atoms with Gasteiger partial charge in [0.05, 0.1) is 15.6 Å². The molecule has 1 aromatic carbocycles. The van der Waals surface area contributed by atoms with Crippen LogP contribution in [0.1, 0.15) is 11.3 Å². The minimum atomic E-state index is -4.56. The standard InChI is InChI=1S/C11H5BrCl2F3N/c1-4-8(14)6-2-5(12)3-7(13)9(6)18-10(4)11(15,16)17/h2-3H,1H3. The van der Waals surface area contributed by atoms with Crippen molar-refractivity contribution in [1.29, 1.82) is 0 Å². The van der Waals surface area contributed by atoms with Crippen LogP contribution in [-0.4, -0.2) is 4.98 Å². The number of hydrogen-bond donors (Lipinski definition) is 0.